The first-order chi connectivity index (χ1) is 23.9. The van der Waals surface area contributed by atoms with Gasteiger partial charge in [-0.05, 0) is 13.0 Å². The van der Waals surface area contributed by atoms with Crippen molar-refractivity contribution in [2.75, 3.05) is 13.7 Å². The number of carbonyl (C=O) groups excluding carboxylic acids is 5. The maximum absolute atomic E-state index is 13.9. The minimum atomic E-state index is -2.06. The number of nitrogens with one attached hydrogen (secondary N) is 1. The van der Waals surface area contributed by atoms with Gasteiger partial charge in [-0.2, -0.15) is 0 Å². The van der Waals surface area contributed by atoms with E-state index in [1.165, 1.54) is 46.1 Å². The van der Waals surface area contributed by atoms with Crippen LogP contribution in [0.4, 0.5) is 0 Å². The molecule has 0 fully saturated rings. The van der Waals surface area contributed by atoms with Crippen molar-refractivity contribution in [2.45, 2.75) is 78.7 Å². The van der Waals surface area contributed by atoms with E-state index >= 15 is 0 Å². The number of Topliss-reactive ketones (excluding diaryl/α,β-unsaturated/α-hetero) is 2. The van der Waals surface area contributed by atoms with Crippen molar-refractivity contribution < 1.29 is 63.3 Å². The molecule has 14 heteroatoms. The van der Waals surface area contributed by atoms with Gasteiger partial charge in [0, 0.05) is 61.8 Å². The number of phenolic OH excluding ortho intramolecular Hbond substituents is 1. The summed E-state index contributed by atoms with van der Waals surface area (Å²) in [5.41, 5.74) is -1.94. The lowest BCUT2D eigenvalue weighted by molar-refractivity contribution is -0.160. The lowest BCUT2D eigenvalue weighted by Gasteiger charge is -2.38. The van der Waals surface area contributed by atoms with Crippen LogP contribution in [0.25, 0.3) is 0 Å². The van der Waals surface area contributed by atoms with Crippen molar-refractivity contribution in [3.8, 4) is 11.5 Å². The van der Waals surface area contributed by atoms with E-state index in [-0.39, 0.29) is 22.4 Å². The lowest BCUT2D eigenvalue weighted by atomic mass is 9.78. The number of rotatable bonds is 3. The zero-order valence-corrected chi connectivity index (χ0v) is 29.8. The topological polar surface area (TPSA) is 215 Å². The number of carbonyl (C=O) groups is 5. The number of fused-ring (bicyclic) bond motifs is 14. The molecule has 276 valence electrons. The molecule has 5 rings (SSSR count). The van der Waals surface area contributed by atoms with Gasteiger partial charge in [0.05, 0.1) is 53.6 Å². The number of ether oxygens (including phenoxy) is 4. The molecule has 4 aliphatic rings. The summed E-state index contributed by atoms with van der Waals surface area (Å²) in [6.07, 6.45) is 3.65. The third-order valence-corrected chi connectivity index (χ3v) is 9.86. The number of aliphatic hydroxyl groups is 3. The molecule has 3 heterocycles. The summed E-state index contributed by atoms with van der Waals surface area (Å²) in [5, 5.41) is 45.9. The van der Waals surface area contributed by atoms with Crippen LogP contribution in [0.5, 0.6) is 11.5 Å². The maximum atomic E-state index is 13.9. The standard InChI is InChI=1S/C37H45NO13/c1-16-10-9-11-22(15-39)36(47)38-23-14-24(41)26-27(32(23)45)31(44)20(5)34-28(26)35(46)37(7,51-34)49-13-12-25(48-8)17(2)33(50-21(6)40)19(4)30(43)18(3)29(16)42/h9-14,16-19,25,29-30,33,39,42-44H,15H2,1-8H3,(H,38,47)/t16-,17-,18+,19-,25+,29+,30-,33+,37-/m0/s1. The molecule has 5 bridgehead atoms. The Bertz CT molecular complexity index is 1740. The van der Waals surface area contributed by atoms with E-state index in [1.807, 2.05) is 0 Å². The van der Waals surface area contributed by atoms with E-state index in [9.17, 15) is 44.4 Å². The quantitative estimate of drug-likeness (QED) is 0.286. The third kappa shape index (κ3) is 7.40. The van der Waals surface area contributed by atoms with Crippen molar-refractivity contribution in [3.05, 3.63) is 70.2 Å². The van der Waals surface area contributed by atoms with Gasteiger partial charge in [-0.1, -0.05) is 45.9 Å². The fourth-order valence-electron chi connectivity index (χ4n) is 6.70. The Labute approximate surface area is 295 Å². The Morgan fingerprint density at radius 2 is 1.65 bits per heavy atom. The number of esters is 1. The lowest BCUT2D eigenvalue weighted by Crippen LogP contribution is -2.46. The number of allylic oxidation sites excluding steroid dienone is 4. The summed E-state index contributed by atoms with van der Waals surface area (Å²) >= 11 is 0. The molecule has 1 aliphatic carbocycles. The first-order valence-electron chi connectivity index (χ1n) is 16.5. The molecule has 0 saturated carbocycles. The number of benzene rings is 1. The predicted molar refractivity (Wildman–Crippen MR) is 181 cm³/mol. The molecule has 1 amide bonds. The highest BCUT2D eigenvalue weighted by Gasteiger charge is 2.51. The van der Waals surface area contributed by atoms with Gasteiger partial charge in [0.1, 0.15) is 17.6 Å². The first kappa shape index (κ1) is 39.2. The second-order valence-electron chi connectivity index (χ2n) is 13.4. The number of aromatic hydroxyl groups is 1. The molecule has 0 radical (unpaired) electrons. The Morgan fingerprint density at radius 3 is 2.25 bits per heavy atom. The molecule has 9 atom stereocenters. The molecule has 0 spiro atoms. The highest BCUT2D eigenvalue weighted by atomic mass is 16.7. The van der Waals surface area contributed by atoms with Crippen molar-refractivity contribution in [1.29, 1.82) is 0 Å². The van der Waals surface area contributed by atoms with Gasteiger partial charge in [0.15, 0.2) is 5.78 Å². The van der Waals surface area contributed by atoms with Crippen LogP contribution in [0.3, 0.4) is 0 Å². The van der Waals surface area contributed by atoms with Crippen LogP contribution >= 0.6 is 0 Å². The van der Waals surface area contributed by atoms with Gasteiger partial charge in [0.2, 0.25) is 5.78 Å². The third-order valence-electron chi connectivity index (χ3n) is 9.86. The molecule has 3 aliphatic heterocycles. The molecule has 51 heavy (non-hydrogen) atoms. The van der Waals surface area contributed by atoms with Crippen molar-refractivity contribution >= 4 is 29.2 Å². The summed E-state index contributed by atoms with van der Waals surface area (Å²) in [6.45, 7) is 9.87. The Morgan fingerprint density at radius 1 is 0.980 bits per heavy atom. The normalized spacial score (nSPS) is 31.7. The fraction of sp³-hybridized carbons (Fsp3) is 0.486. The van der Waals surface area contributed by atoms with Crippen molar-refractivity contribution in [3.63, 3.8) is 0 Å². The van der Waals surface area contributed by atoms with Crippen LogP contribution in [-0.2, 0) is 23.8 Å². The van der Waals surface area contributed by atoms with Gasteiger partial charge in [-0.15, -0.1) is 0 Å². The van der Waals surface area contributed by atoms with Crippen LogP contribution in [-0.4, -0.2) is 93.6 Å². The van der Waals surface area contributed by atoms with Gasteiger partial charge in [-0.3, -0.25) is 24.0 Å². The summed E-state index contributed by atoms with van der Waals surface area (Å²) in [6, 6.07) is 0. The molecular weight excluding hydrogens is 666 g/mol. The highest BCUT2D eigenvalue weighted by Crippen LogP contribution is 2.47. The van der Waals surface area contributed by atoms with E-state index in [4.69, 9.17) is 18.9 Å². The maximum Gasteiger partial charge on any atom is 0.312 e. The zero-order chi connectivity index (χ0) is 38.1. The molecule has 0 saturated heterocycles. The second-order valence-corrected chi connectivity index (χ2v) is 13.4. The number of hydrogen-bond donors (Lipinski definition) is 5. The van der Waals surface area contributed by atoms with Gasteiger partial charge in [0.25, 0.3) is 11.7 Å². The number of ketones is 3. The number of amides is 1. The monoisotopic (exact) mass is 711 g/mol. The predicted octanol–water partition coefficient (Wildman–Crippen LogP) is 2.60. The van der Waals surface area contributed by atoms with Gasteiger partial charge in [-0.25, -0.2) is 0 Å². The molecule has 1 aromatic rings. The van der Waals surface area contributed by atoms with Gasteiger partial charge < -0.3 is 44.7 Å². The van der Waals surface area contributed by atoms with Crippen LogP contribution in [0, 0.1) is 30.6 Å². The van der Waals surface area contributed by atoms with E-state index in [0.717, 1.165) is 12.3 Å². The highest BCUT2D eigenvalue weighted by molar-refractivity contribution is 6.30. The molecule has 14 nitrogen and oxygen atoms in total. The summed E-state index contributed by atoms with van der Waals surface area (Å²) in [5.74, 6) is -9.68. The second kappa shape index (κ2) is 15.3. The number of methoxy groups -OCH3 is 1. The summed E-state index contributed by atoms with van der Waals surface area (Å²) < 4.78 is 23.0. The molecule has 1 aromatic carbocycles. The minimum Gasteiger partial charge on any atom is -0.507 e. The average molecular weight is 712 g/mol. The first-order valence-corrected chi connectivity index (χ1v) is 16.5. The zero-order valence-electron chi connectivity index (χ0n) is 29.8. The van der Waals surface area contributed by atoms with Crippen molar-refractivity contribution in [1.82, 2.24) is 5.32 Å². The number of hydrogen-bond acceptors (Lipinski definition) is 13. The Hall–Kier alpha value is -4.63. The van der Waals surface area contributed by atoms with E-state index in [0.29, 0.717) is 0 Å². The SMILES string of the molecule is CO[C@@H]1C=CO[C@@]2(C)Oc3c(C)c(O)c4c(c3C2=O)C(=O)C=C(NC(=O)C(CO)=CC=C[C@H](C)[C@@H](O)[C@@H](C)[C@H](O)[C@H](C)[C@H](OC(C)=O)[C@H]1C)C4=O. The molecule has 0 unspecified atom stereocenters. The average Bonchev–Trinajstić information content (AvgIpc) is 3.35. The van der Waals surface area contributed by atoms with Crippen LogP contribution in [0.15, 0.2) is 47.9 Å². The minimum absolute atomic E-state index is 0.0283. The van der Waals surface area contributed by atoms with Crippen molar-refractivity contribution in [2.24, 2.45) is 23.7 Å². The van der Waals surface area contributed by atoms with Crippen LogP contribution < -0.4 is 10.1 Å². The van der Waals surface area contributed by atoms with Crippen LogP contribution in [0.1, 0.15) is 78.2 Å². The van der Waals surface area contributed by atoms with E-state index in [1.54, 1.807) is 33.8 Å². The smallest absolute Gasteiger partial charge is 0.312 e. The van der Waals surface area contributed by atoms with Crippen LogP contribution in [0.2, 0.25) is 0 Å². The summed E-state index contributed by atoms with van der Waals surface area (Å²) in [7, 11) is 1.41. The molecule has 0 aromatic heterocycles. The molecular formula is C37H45NO13. The fourth-order valence-corrected chi connectivity index (χ4v) is 6.70. The number of phenols is 1. The summed E-state index contributed by atoms with van der Waals surface area (Å²) in [4.78, 5) is 66.3. The number of aliphatic hydroxyl groups excluding tert-OH is 3. The Balaban J connectivity index is 1.85. The Kier molecular flexibility index (Phi) is 11.8. The van der Waals surface area contributed by atoms with E-state index < -0.39 is 112 Å². The van der Waals surface area contributed by atoms with E-state index in [2.05, 4.69) is 5.32 Å². The van der Waals surface area contributed by atoms with Gasteiger partial charge >= 0.3 is 11.8 Å². The molecule has 5 N–H and O–H groups in total. The largest absolute Gasteiger partial charge is 0.507 e.